The molecule has 0 spiro atoms. The van der Waals surface area contributed by atoms with Crippen molar-refractivity contribution in [1.29, 1.82) is 0 Å². The number of amides is 1. The highest BCUT2D eigenvalue weighted by molar-refractivity contribution is 9.10. The first-order valence-electron chi connectivity index (χ1n) is 8.02. The summed E-state index contributed by atoms with van der Waals surface area (Å²) in [5.74, 6) is -0.308. The Labute approximate surface area is 159 Å². The van der Waals surface area contributed by atoms with Gasteiger partial charge in [-0.15, -0.1) is 0 Å². The van der Waals surface area contributed by atoms with Crippen LogP contribution in [-0.2, 0) is 5.54 Å². The van der Waals surface area contributed by atoms with Gasteiger partial charge in [-0.1, -0.05) is 0 Å². The summed E-state index contributed by atoms with van der Waals surface area (Å²) in [5, 5.41) is 2.75. The number of hydrogen-bond acceptors (Lipinski definition) is 5. The molecular formula is C18H19BrFN5O. The maximum Gasteiger partial charge on any atom is 0.274 e. The molecule has 0 saturated heterocycles. The molecule has 3 rings (SSSR count). The number of nitrogens with one attached hydrogen (secondary N) is 1. The first kappa shape index (κ1) is 18.5. The molecule has 8 heteroatoms. The van der Waals surface area contributed by atoms with E-state index >= 15 is 0 Å². The molecule has 1 aromatic carbocycles. The molecule has 2 heterocycles. The largest absolute Gasteiger partial charge is 0.386 e. The van der Waals surface area contributed by atoms with Crippen LogP contribution in [0.1, 0.15) is 23.0 Å². The molecule has 3 N–H and O–H groups in total. The van der Waals surface area contributed by atoms with E-state index in [1.165, 1.54) is 12.1 Å². The second-order valence-corrected chi connectivity index (χ2v) is 7.48. The van der Waals surface area contributed by atoms with Crippen LogP contribution in [0.3, 0.4) is 0 Å². The number of anilines is 1. The summed E-state index contributed by atoms with van der Waals surface area (Å²) < 4.78 is 15.3. The summed E-state index contributed by atoms with van der Waals surface area (Å²) in [4.78, 5) is 22.9. The number of carbonyl (C=O) groups is 1. The normalized spacial score (nSPS) is 20.5. The van der Waals surface area contributed by atoms with Crippen LogP contribution >= 0.6 is 15.9 Å². The highest BCUT2D eigenvalue weighted by Gasteiger charge is 2.34. The van der Waals surface area contributed by atoms with E-state index in [0.717, 1.165) is 4.47 Å². The molecule has 0 saturated carbocycles. The smallest absolute Gasteiger partial charge is 0.274 e. The van der Waals surface area contributed by atoms with E-state index in [1.54, 1.807) is 24.4 Å². The number of halogens is 2. The number of benzene rings is 1. The number of hydrogen-bond donors (Lipinski definition) is 2. The average molecular weight is 420 g/mol. The Bertz CT molecular complexity index is 870. The standard InChI is InChI=1S/C18H19BrFN5O/c1-18(10-25(2)9-16(21)24-18)13-7-12(4-5-14(13)20)23-17(26)15-6-3-11(19)8-22-15/h3-8H,9-10H2,1-2H3,(H2,21,24)(H,23,26). The van der Waals surface area contributed by atoms with Crippen molar-refractivity contribution >= 4 is 33.4 Å². The summed E-state index contributed by atoms with van der Waals surface area (Å²) >= 11 is 3.28. The molecular weight excluding hydrogens is 401 g/mol. The van der Waals surface area contributed by atoms with Crippen molar-refractivity contribution in [3.63, 3.8) is 0 Å². The van der Waals surface area contributed by atoms with Gasteiger partial charge in [-0.2, -0.15) is 0 Å². The number of carbonyl (C=O) groups excluding carboxylic acids is 1. The van der Waals surface area contributed by atoms with Gasteiger partial charge in [0, 0.05) is 28.5 Å². The van der Waals surface area contributed by atoms with E-state index in [2.05, 4.69) is 31.2 Å². The van der Waals surface area contributed by atoms with Gasteiger partial charge in [0.15, 0.2) is 0 Å². The quantitative estimate of drug-likeness (QED) is 0.800. The molecule has 1 amide bonds. The molecule has 0 fully saturated rings. The Hall–Kier alpha value is -2.32. The molecule has 1 atom stereocenters. The molecule has 1 aromatic heterocycles. The number of likely N-dealkylation sites (N-methyl/N-ethyl adjacent to an activating group) is 1. The third-order valence-corrected chi connectivity index (χ3v) is 4.63. The predicted molar refractivity (Wildman–Crippen MR) is 103 cm³/mol. The number of nitrogens with two attached hydrogens (primary N) is 1. The monoisotopic (exact) mass is 419 g/mol. The van der Waals surface area contributed by atoms with E-state index < -0.39 is 5.54 Å². The minimum Gasteiger partial charge on any atom is -0.386 e. The van der Waals surface area contributed by atoms with Crippen molar-refractivity contribution in [1.82, 2.24) is 9.88 Å². The van der Waals surface area contributed by atoms with Crippen molar-refractivity contribution in [2.75, 3.05) is 25.5 Å². The molecule has 6 nitrogen and oxygen atoms in total. The van der Waals surface area contributed by atoms with E-state index in [1.807, 2.05) is 18.9 Å². The second kappa shape index (κ2) is 7.13. The summed E-state index contributed by atoms with van der Waals surface area (Å²) in [5.41, 5.74) is 6.20. The lowest BCUT2D eigenvalue weighted by molar-refractivity contribution is 0.102. The molecule has 1 unspecified atom stereocenters. The molecule has 0 radical (unpaired) electrons. The maximum atomic E-state index is 14.5. The van der Waals surface area contributed by atoms with Crippen LogP contribution in [0.2, 0.25) is 0 Å². The summed E-state index contributed by atoms with van der Waals surface area (Å²) in [6.07, 6.45) is 1.54. The van der Waals surface area contributed by atoms with E-state index in [4.69, 9.17) is 5.73 Å². The lowest BCUT2D eigenvalue weighted by atomic mass is 9.90. The predicted octanol–water partition coefficient (Wildman–Crippen LogP) is 2.75. The van der Waals surface area contributed by atoms with Gasteiger partial charge in [0.2, 0.25) is 0 Å². The number of rotatable bonds is 3. The zero-order chi connectivity index (χ0) is 18.9. The van der Waals surface area contributed by atoms with Gasteiger partial charge in [0.1, 0.15) is 22.9 Å². The number of amidine groups is 1. The highest BCUT2D eigenvalue weighted by atomic mass is 79.9. The van der Waals surface area contributed by atoms with Crippen molar-refractivity contribution in [3.05, 3.63) is 58.1 Å². The number of pyridine rings is 1. The Balaban J connectivity index is 1.89. The van der Waals surface area contributed by atoms with Crippen molar-refractivity contribution in [2.45, 2.75) is 12.5 Å². The molecule has 1 aliphatic rings. The van der Waals surface area contributed by atoms with Crippen LogP contribution in [-0.4, -0.2) is 41.8 Å². The number of aliphatic imine (C=N–C) groups is 1. The van der Waals surface area contributed by atoms with Crippen LogP contribution in [0.4, 0.5) is 10.1 Å². The molecule has 0 bridgehead atoms. The summed E-state index contributed by atoms with van der Waals surface area (Å²) in [7, 11) is 1.91. The lowest BCUT2D eigenvalue weighted by Gasteiger charge is -2.36. The number of nitrogens with zero attached hydrogens (tertiary/aromatic N) is 3. The van der Waals surface area contributed by atoms with E-state index in [9.17, 15) is 9.18 Å². The Morgan fingerprint density at radius 3 is 2.81 bits per heavy atom. The Kier molecular flexibility index (Phi) is 5.06. The van der Waals surface area contributed by atoms with Gasteiger partial charge in [0.25, 0.3) is 5.91 Å². The Morgan fingerprint density at radius 2 is 2.15 bits per heavy atom. The van der Waals surface area contributed by atoms with Gasteiger partial charge >= 0.3 is 0 Å². The van der Waals surface area contributed by atoms with Crippen LogP contribution in [0, 0.1) is 5.82 Å². The number of aromatic nitrogens is 1. The van der Waals surface area contributed by atoms with E-state index in [0.29, 0.717) is 30.2 Å². The topological polar surface area (TPSA) is 83.6 Å². The zero-order valence-corrected chi connectivity index (χ0v) is 16.0. The van der Waals surface area contributed by atoms with Gasteiger partial charge in [-0.3, -0.25) is 14.7 Å². The van der Waals surface area contributed by atoms with Gasteiger partial charge in [-0.25, -0.2) is 9.37 Å². The molecule has 1 aliphatic heterocycles. The molecule has 26 heavy (non-hydrogen) atoms. The molecule has 0 aliphatic carbocycles. The van der Waals surface area contributed by atoms with Gasteiger partial charge in [-0.05, 0) is 60.2 Å². The lowest BCUT2D eigenvalue weighted by Crippen LogP contribution is -2.46. The van der Waals surface area contributed by atoms with Crippen molar-refractivity contribution in [3.8, 4) is 0 Å². The molecule has 136 valence electrons. The fourth-order valence-electron chi connectivity index (χ4n) is 3.11. The van der Waals surface area contributed by atoms with Gasteiger partial charge in [0.05, 0.1) is 6.54 Å². The van der Waals surface area contributed by atoms with Gasteiger partial charge < -0.3 is 11.1 Å². The summed E-state index contributed by atoms with van der Waals surface area (Å²) in [6.45, 7) is 2.90. The SMILES string of the molecule is CN1CC(N)=NC(C)(c2cc(NC(=O)c3ccc(Br)cn3)ccc2F)C1. The van der Waals surface area contributed by atoms with Crippen molar-refractivity contribution < 1.29 is 9.18 Å². The van der Waals surface area contributed by atoms with Crippen LogP contribution in [0.5, 0.6) is 0 Å². The third-order valence-electron chi connectivity index (χ3n) is 4.16. The minimum absolute atomic E-state index is 0.268. The van der Waals surface area contributed by atoms with Crippen LogP contribution in [0.15, 0.2) is 46.0 Å². The minimum atomic E-state index is -0.822. The van der Waals surface area contributed by atoms with Crippen LogP contribution in [0.25, 0.3) is 0 Å². The van der Waals surface area contributed by atoms with Crippen LogP contribution < -0.4 is 11.1 Å². The second-order valence-electron chi connectivity index (χ2n) is 6.56. The highest BCUT2D eigenvalue weighted by Crippen LogP contribution is 2.32. The van der Waals surface area contributed by atoms with Crippen molar-refractivity contribution in [2.24, 2.45) is 10.7 Å². The summed E-state index contributed by atoms with van der Waals surface area (Å²) in [6, 6.07) is 7.77. The molecule has 2 aromatic rings. The fourth-order valence-corrected chi connectivity index (χ4v) is 3.35. The first-order chi connectivity index (χ1) is 12.3. The van der Waals surface area contributed by atoms with E-state index in [-0.39, 0.29) is 17.4 Å². The average Bonchev–Trinajstić information content (AvgIpc) is 2.55. The Morgan fingerprint density at radius 1 is 1.38 bits per heavy atom. The fraction of sp³-hybridized carbons (Fsp3) is 0.278. The maximum absolute atomic E-state index is 14.5. The first-order valence-corrected chi connectivity index (χ1v) is 8.82. The third kappa shape index (κ3) is 3.91. The zero-order valence-electron chi connectivity index (χ0n) is 14.5.